The van der Waals surface area contributed by atoms with Crippen molar-refractivity contribution in [2.45, 2.75) is 6.54 Å². The minimum atomic E-state index is -0.663. The Morgan fingerprint density at radius 1 is 1.00 bits per heavy atom. The van der Waals surface area contributed by atoms with Gasteiger partial charge in [-0.2, -0.15) is 0 Å². The van der Waals surface area contributed by atoms with Crippen LogP contribution in [0.3, 0.4) is 0 Å². The highest BCUT2D eigenvalue weighted by Gasteiger charge is 2.18. The monoisotopic (exact) mass is 374 g/mol. The van der Waals surface area contributed by atoms with Crippen molar-refractivity contribution in [1.82, 2.24) is 14.5 Å². The lowest BCUT2D eigenvalue weighted by atomic mass is 10.2. The van der Waals surface area contributed by atoms with E-state index in [-0.39, 0.29) is 12.2 Å². The van der Waals surface area contributed by atoms with Crippen molar-refractivity contribution in [3.8, 4) is 0 Å². The average molecular weight is 374 g/mol. The third kappa shape index (κ3) is 3.50. The molecule has 2 aromatic heterocycles. The van der Waals surface area contributed by atoms with Gasteiger partial charge in [-0.25, -0.2) is 14.4 Å². The number of amides is 1. The second-order valence-corrected chi connectivity index (χ2v) is 6.14. The molecule has 2 heterocycles. The second kappa shape index (κ2) is 7.40. The van der Waals surface area contributed by atoms with Crippen LogP contribution in [-0.4, -0.2) is 20.4 Å². The molecule has 0 spiro atoms. The summed E-state index contributed by atoms with van der Waals surface area (Å²) in [5.41, 5.74) is 1.30. The molecule has 0 unspecified atom stereocenters. The Bertz CT molecular complexity index is 1200. The molecule has 6 nitrogen and oxygen atoms in total. The van der Waals surface area contributed by atoms with Crippen LogP contribution < -0.4 is 10.9 Å². The van der Waals surface area contributed by atoms with Crippen LogP contribution in [-0.2, 0) is 6.54 Å². The van der Waals surface area contributed by atoms with E-state index in [1.54, 1.807) is 18.3 Å². The van der Waals surface area contributed by atoms with Crippen LogP contribution in [0.15, 0.2) is 77.7 Å². The van der Waals surface area contributed by atoms with Crippen molar-refractivity contribution in [3.63, 3.8) is 0 Å². The molecule has 1 amide bonds. The van der Waals surface area contributed by atoms with Gasteiger partial charge in [-0.05, 0) is 42.0 Å². The maximum Gasteiger partial charge on any atom is 0.284 e. The molecule has 0 aliphatic heterocycles. The van der Waals surface area contributed by atoms with Crippen LogP contribution >= 0.6 is 0 Å². The summed E-state index contributed by atoms with van der Waals surface area (Å²) in [6.07, 6.45) is 1.57. The Hall–Kier alpha value is -3.87. The zero-order chi connectivity index (χ0) is 19.5. The fourth-order valence-electron chi connectivity index (χ4n) is 2.86. The van der Waals surface area contributed by atoms with E-state index < -0.39 is 17.3 Å². The quantitative estimate of drug-likeness (QED) is 0.595. The van der Waals surface area contributed by atoms with Gasteiger partial charge in [0, 0.05) is 11.9 Å². The van der Waals surface area contributed by atoms with Gasteiger partial charge < -0.3 is 5.32 Å². The molecule has 138 valence electrons. The van der Waals surface area contributed by atoms with Crippen molar-refractivity contribution in [1.29, 1.82) is 0 Å². The molecule has 0 atom stereocenters. The van der Waals surface area contributed by atoms with E-state index in [0.717, 1.165) is 5.56 Å². The Morgan fingerprint density at radius 3 is 2.50 bits per heavy atom. The fraction of sp³-hybridized carbons (Fsp3) is 0.0476. The number of rotatable bonds is 4. The number of anilines is 1. The molecular formula is C21H15FN4O2. The number of hydrogen-bond acceptors (Lipinski definition) is 4. The van der Waals surface area contributed by atoms with Crippen LogP contribution in [0.2, 0.25) is 0 Å². The first kappa shape index (κ1) is 17.5. The van der Waals surface area contributed by atoms with E-state index in [2.05, 4.69) is 15.3 Å². The number of fused-ring (bicyclic) bond motifs is 1. The van der Waals surface area contributed by atoms with Crippen molar-refractivity contribution < 1.29 is 9.18 Å². The number of nitrogens with one attached hydrogen (secondary N) is 1. The number of benzene rings is 2. The summed E-state index contributed by atoms with van der Waals surface area (Å²) >= 11 is 0. The molecule has 2 aromatic carbocycles. The predicted molar refractivity (Wildman–Crippen MR) is 104 cm³/mol. The second-order valence-electron chi connectivity index (χ2n) is 6.14. The zero-order valence-corrected chi connectivity index (χ0v) is 14.7. The van der Waals surface area contributed by atoms with Gasteiger partial charge >= 0.3 is 0 Å². The average Bonchev–Trinajstić information content (AvgIpc) is 2.72. The minimum absolute atomic E-state index is 0.249. The summed E-state index contributed by atoms with van der Waals surface area (Å²) in [5, 5.41) is 2.58. The SMILES string of the molecule is O=C(Nc1ccc(F)cc1)c1nc2cccnc2n(Cc2ccccc2)c1=O. The number of pyridine rings is 1. The Balaban J connectivity index is 1.78. The van der Waals surface area contributed by atoms with E-state index in [4.69, 9.17) is 0 Å². The maximum absolute atomic E-state index is 13.1. The number of halogens is 1. The van der Waals surface area contributed by atoms with Gasteiger partial charge in [0.05, 0.1) is 6.54 Å². The molecule has 4 rings (SSSR count). The number of nitrogens with zero attached hydrogens (tertiary/aromatic N) is 3. The van der Waals surface area contributed by atoms with Crippen molar-refractivity contribution in [2.24, 2.45) is 0 Å². The lowest BCUT2D eigenvalue weighted by molar-refractivity contribution is 0.102. The highest BCUT2D eigenvalue weighted by Crippen LogP contribution is 2.12. The van der Waals surface area contributed by atoms with Gasteiger partial charge in [-0.3, -0.25) is 14.2 Å². The van der Waals surface area contributed by atoms with Crippen LogP contribution in [0.4, 0.5) is 10.1 Å². The third-order valence-electron chi connectivity index (χ3n) is 4.20. The number of carbonyl (C=O) groups is 1. The van der Waals surface area contributed by atoms with Crippen LogP contribution in [0.1, 0.15) is 16.1 Å². The van der Waals surface area contributed by atoms with E-state index in [9.17, 15) is 14.0 Å². The maximum atomic E-state index is 13.1. The van der Waals surface area contributed by atoms with Gasteiger partial charge in [0.25, 0.3) is 11.5 Å². The Morgan fingerprint density at radius 2 is 1.75 bits per heavy atom. The summed E-state index contributed by atoms with van der Waals surface area (Å²) in [6, 6.07) is 18.1. The van der Waals surface area contributed by atoms with Gasteiger partial charge in [0.15, 0.2) is 11.3 Å². The van der Waals surface area contributed by atoms with Crippen molar-refractivity contribution >= 4 is 22.8 Å². The lowest BCUT2D eigenvalue weighted by Gasteiger charge is -2.11. The highest BCUT2D eigenvalue weighted by molar-refractivity contribution is 6.03. The summed E-state index contributed by atoms with van der Waals surface area (Å²) in [5.74, 6) is -1.08. The summed E-state index contributed by atoms with van der Waals surface area (Å²) in [7, 11) is 0. The molecule has 0 saturated carbocycles. The first-order chi connectivity index (χ1) is 13.6. The minimum Gasteiger partial charge on any atom is -0.320 e. The van der Waals surface area contributed by atoms with Crippen LogP contribution in [0.5, 0.6) is 0 Å². The molecule has 4 aromatic rings. The Labute approximate surface area is 159 Å². The molecule has 0 aliphatic rings. The summed E-state index contributed by atoms with van der Waals surface area (Å²) in [4.78, 5) is 34.1. The van der Waals surface area contributed by atoms with E-state index >= 15 is 0 Å². The number of aromatic nitrogens is 3. The van der Waals surface area contributed by atoms with E-state index in [1.807, 2.05) is 30.3 Å². The summed E-state index contributed by atoms with van der Waals surface area (Å²) < 4.78 is 14.5. The standard InChI is InChI=1S/C21H15FN4O2/c22-15-8-10-16(11-9-15)24-20(27)18-21(28)26(13-14-5-2-1-3-6-14)19-17(25-18)7-4-12-23-19/h1-12H,13H2,(H,24,27). The predicted octanol–water partition coefficient (Wildman–Crippen LogP) is 3.23. The molecule has 1 N–H and O–H groups in total. The summed E-state index contributed by atoms with van der Waals surface area (Å²) in [6.45, 7) is 0.256. The third-order valence-corrected chi connectivity index (χ3v) is 4.20. The van der Waals surface area contributed by atoms with Gasteiger partial charge in [0.2, 0.25) is 0 Å². The van der Waals surface area contributed by atoms with Crippen LogP contribution in [0, 0.1) is 5.82 Å². The molecule has 0 aliphatic carbocycles. The van der Waals surface area contributed by atoms with Crippen molar-refractivity contribution in [2.75, 3.05) is 5.32 Å². The number of carbonyl (C=O) groups excluding carboxylic acids is 1. The van der Waals surface area contributed by atoms with E-state index in [1.165, 1.54) is 28.8 Å². The molecule has 0 bridgehead atoms. The lowest BCUT2D eigenvalue weighted by Crippen LogP contribution is -2.32. The zero-order valence-electron chi connectivity index (χ0n) is 14.7. The molecule has 0 fully saturated rings. The fourth-order valence-corrected chi connectivity index (χ4v) is 2.86. The molecule has 0 saturated heterocycles. The first-order valence-electron chi connectivity index (χ1n) is 8.58. The highest BCUT2D eigenvalue weighted by atomic mass is 19.1. The number of hydrogen-bond donors (Lipinski definition) is 1. The van der Waals surface area contributed by atoms with Crippen molar-refractivity contribution in [3.05, 3.63) is 100 Å². The van der Waals surface area contributed by atoms with Gasteiger partial charge in [-0.1, -0.05) is 30.3 Å². The smallest absolute Gasteiger partial charge is 0.284 e. The molecule has 0 radical (unpaired) electrons. The van der Waals surface area contributed by atoms with Crippen LogP contribution in [0.25, 0.3) is 11.2 Å². The van der Waals surface area contributed by atoms with Gasteiger partial charge in [-0.15, -0.1) is 0 Å². The Kier molecular flexibility index (Phi) is 4.63. The van der Waals surface area contributed by atoms with E-state index in [0.29, 0.717) is 16.9 Å². The molecule has 7 heteroatoms. The van der Waals surface area contributed by atoms with Gasteiger partial charge in [0.1, 0.15) is 11.3 Å². The first-order valence-corrected chi connectivity index (χ1v) is 8.58. The normalized spacial score (nSPS) is 10.8. The molecule has 28 heavy (non-hydrogen) atoms. The largest absolute Gasteiger partial charge is 0.320 e. The topological polar surface area (TPSA) is 76.9 Å². The molecular weight excluding hydrogens is 359 g/mol.